The van der Waals surface area contributed by atoms with Gasteiger partial charge in [0.2, 0.25) is 5.91 Å². The number of carbonyl (C=O) groups is 1. The second-order valence-corrected chi connectivity index (χ2v) is 9.00. The first-order chi connectivity index (χ1) is 17.1. The third-order valence-corrected chi connectivity index (χ3v) is 7.02. The molecule has 0 aliphatic carbocycles. The average Bonchev–Trinajstić information content (AvgIpc) is 3.56. The lowest BCUT2D eigenvalue weighted by Crippen LogP contribution is -2.42. The number of nitrogens with one attached hydrogen (secondary N) is 1. The normalized spacial score (nSPS) is 19.5. The number of para-hydroxylation sites is 1. The highest BCUT2D eigenvalue weighted by molar-refractivity contribution is 6.11. The fourth-order valence-corrected chi connectivity index (χ4v) is 5.33. The summed E-state index contributed by atoms with van der Waals surface area (Å²) in [6.07, 6.45) is 0. The lowest BCUT2D eigenvalue weighted by molar-refractivity contribution is -0.122. The molecule has 0 radical (unpaired) electrons. The number of fused-ring (bicyclic) bond motifs is 5. The van der Waals surface area contributed by atoms with Gasteiger partial charge in [-0.2, -0.15) is 5.10 Å². The van der Waals surface area contributed by atoms with E-state index < -0.39 is 5.41 Å². The van der Waals surface area contributed by atoms with Gasteiger partial charge in [0, 0.05) is 23.4 Å². The van der Waals surface area contributed by atoms with E-state index in [0.29, 0.717) is 42.8 Å². The monoisotopic (exact) mass is 466 g/mol. The van der Waals surface area contributed by atoms with Gasteiger partial charge < -0.3 is 24.8 Å². The lowest BCUT2D eigenvalue weighted by Gasteiger charge is -2.24. The molecule has 1 aromatic heterocycles. The van der Waals surface area contributed by atoms with Gasteiger partial charge in [0.25, 0.3) is 0 Å². The number of nitrogens with two attached hydrogens (primary N) is 1. The second kappa shape index (κ2) is 7.27. The van der Waals surface area contributed by atoms with Crippen LogP contribution >= 0.6 is 0 Å². The molecule has 1 amide bonds. The van der Waals surface area contributed by atoms with E-state index in [0.717, 1.165) is 33.6 Å². The molecule has 4 heterocycles. The van der Waals surface area contributed by atoms with Gasteiger partial charge in [0.1, 0.15) is 36.8 Å². The van der Waals surface area contributed by atoms with Crippen LogP contribution < -0.4 is 24.8 Å². The molecular weight excluding hydrogens is 444 g/mol. The van der Waals surface area contributed by atoms with Gasteiger partial charge >= 0.3 is 0 Å². The van der Waals surface area contributed by atoms with Crippen molar-refractivity contribution in [3.05, 3.63) is 83.4 Å². The molecule has 1 spiro atoms. The van der Waals surface area contributed by atoms with Gasteiger partial charge in [-0.3, -0.25) is 9.89 Å². The van der Waals surface area contributed by atoms with Crippen molar-refractivity contribution in [1.29, 1.82) is 0 Å². The van der Waals surface area contributed by atoms with E-state index in [1.54, 1.807) is 6.07 Å². The van der Waals surface area contributed by atoms with Crippen LogP contribution in [0.3, 0.4) is 0 Å². The minimum Gasteiger partial charge on any atom is -0.491 e. The molecule has 0 fully saturated rings. The molecule has 3 aromatic carbocycles. The van der Waals surface area contributed by atoms with Crippen LogP contribution in [0.2, 0.25) is 0 Å². The van der Waals surface area contributed by atoms with Crippen LogP contribution in [0.5, 0.6) is 17.2 Å². The lowest BCUT2D eigenvalue weighted by atomic mass is 9.77. The van der Waals surface area contributed by atoms with Gasteiger partial charge in [-0.05, 0) is 28.8 Å². The predicted octanol–water partition coefficient (Wildman–Crippen LogP) is 3.66. The zero-order chi connectivity index (χ0) is 23.6. The van der Waals surface area contributed by atoms with E-state index in [2.05, 4.69) is 10.2 Å². The number of nitrogens with zero attached hydrogens (tertiary/aromatic N) is 2. The van der Waals surface area contributed by atoms with Gasteiger partial charge in [-0.1, -0.05) is 42.5 Å². The summed E-state index contributed by atoms with van der Waals surface area (Å²) in [7, 11) is 0. The van der Waals surface area contributed by atoms with Crippen molar-refractivity contribution < 1.29 is 19.0 Å². The van der Waals surface area contributed by atoms with E-state index in [-0.39, 0.29) is 12.5 Å². The van der Waals surface area contributed by atoms with Gasteiger partial charge in [-0.15, -0.1) is 0 Å². The highest BCUT2D eigenvalue weighted by Gasteiger charge is 2.57. The number of aromatic amines is 1. The van der Waals surface area contributed by atoms with Crippen LogP contribution in [0.25, 0.3) is 11.3 Å². The summed E-state index contributed by atoms with van der Waals surface area (Å²) in [4.78, 5) is 16.0. The largest absolute Gasteiger partial charge is 0.491 e. The quantitative estimate of drug-likeness (QED) is 0.478. The average molecular weight is 466 g/mol. The Hall–Kier alpha value is -4.46. The van der Waals surface area contributed by atoms with Gasteiger partial charge in [0.15, 0.2) is 11.5 Å². The highest BCUT2D eigenvalue weighted by atomic mass is 16.6. The van der Waals surface area contributed by atoms with Crippen molar-refractivity contribution >= 4 is 17.4 Å². The fourth-order valence-electron chi connectivity index (χ4n) is 5.33. The number of anilines is 2. The molecule has 35 heavy (non-hydrogen) atoms. The standard InChI is InChI=1S/C27H22N4O4/c28-25-12-20(29-30-25)17-7-5-16(6-8-17)14-31-21-4-2-1-3-18(21)27(26(31)32)15-35-22-13-24-23(11-19(22)27)33-9-10-34-24/h1-8,11-13H,9-10,14-15H2,(H3,28,29,30). The maximum absolute atomic E-state index is 14.2. The Morgan fingerprint density at radius 1 is 0.914 bits per heavy atom. The van der Waals surface area contributed by atoms with E-state index in [9.17, 15) is 4.79 Å². The third kappa shape index (κ3) is 2.86. The van der Waals surface area contributed by atoms with Crippen LogP contribution in [0.15, 0.2) is 66.7 Å². The second-order valence-electron chi connectivity index (χ2n) is 9.00. The minimum atomic E-state index is -0.908. The summed E-state index contributed by atoms with van der Waals surface area (Å²) in [6, 6.07) is 21.6. The number of hydrogen-bond acceptors (Lipinski definition) is 6. The van der Waals surface area contributed by atoms with Crippen LogP contribution in [0.1, 0.15) is 16.7 Å². The maximum atomic E-state index is 14.2. The van der Waals surface area contributed by atoms with Crippen molar-refractivity contribution in [2.45, 2.75) is 12.0 Å². The Morgan fingerprint density at radius 2 is 1.69 bits per heavy atom. The zero-order valence-corrected chi connectivity index (χ0v) is 18.8. The fraction of sp³-hybridized carbons (Fsp3) is 0.185. The molecule has 3 aliphatic heterocycles. The topological polar surface area (TPSA) is 103 Å². The maximum Gasteiger partial charge on any atom is 0.246 e. The summed E-state index contributed by atoms with van der Waals surface area (Å²) in [5.74, 6) is 2.42. The predicted molar refractivity (Wildman–Crippen MR) is 130 cm³/mol. The summed E-state index contributed by atoms with van der Waals surface area (Å²) in [5, 5.41) is 6.92. The molecule has 8 heteroatoms. The number of ether oxygens (including phenoxy) is 3. The van der Waals surface area contributed by atoms with Crippen molar-refractivity contribution in [2.24, 2.45) is 0 Å². The molecule has 7 rings (SSSR count). The summed E-state index contributed by atoms with van der Waals surface area (Å²) < 4.78 is 17.6. The van der Waals surface area contributed by atoms with Crippen LogP contribution in [0.4, 0.5) is 11.5 Å². The Balaban J connectivity index is 1.26. The number of benzene rings is 3. The first kappa shape index (κ1) is 20.0. The number of rotatable bonds is 3. The van der Waals surface area contributed by atoms with Gasteiger partial charge in [0.05, 0.1) is 12.2 Å². The van der Waals surface area contributed by atoms with Crippen molar-refractivity contribution in [2.75, 3.05) is 30.5 Å². The number of aromatic nitrogens is 2. The first-order valence-electron chi connectivity index (χ1n) is 11.5. The number of nitrogen functional groups attached to an aromatic ring is 1. The molecular formula is C27H22N4O4. The Labute approximate surface area is 201 Å². The summed E-state index contributed by atoms with van der Waals surface area (Å²) in [5.41, 5.74) is 10.3. The summed E-state index contributed by atoms with van der Waals surface area (Å²) in [6.45, 7) is 1.68. The molecule has 1 atom stereocenters. The zero-order valence-electron chi connectivity index (χ0n) is 18.8. The minimum absolute atomic E-state index is 0.000421. The molecule has 3 aliphatic rings. The molecule has 0 saturated heterocycles. The molecule has 3 N–H and O–H groups in total. The van der Waals surface area contributed by atoms with Gasteiger partial charge in [-0.25, -0.2) is 0 Å². The van der Waals surface area contributed by atoms with E-state index in [1.165, 1.54) is 0 Å². The molecule has 0 saturated carbocycles. The Morgan fingerprint density at radius 3 is 2.46 bits per heavy atom. The van der Waals surface area contributed by atoms with Crippen molar-refractivity contribution in [1.82, 2.24) is 10.2 Å². The summed E-state index contributed by atoms with van der Waals surface area (Å²) >= 11 is 0. The van der Waals surface area contributed by atoms with E-state index >= 15 is 0 Å². The van der Waals surface area contributed by atoms with E-state index in [1.807, 2.05) is 65.6 Å². The highest BCUT2D eigenvalue weighted by Crippen LogP contribution is 2.55. The Kier molecular flexibility index (Phi) is 4.14. The van der Waals surface area contributed by atoms with Crippen LogP contribution in [0, 0.1) is 0 Å². The Bertz CT molecular complexity index is 1480. The van der Waals surface area contributed by atoms with E-state index in [4.69, 9.17) is 19.9 Å². The van der Waals surface area contributed by atoms with Crippen LogP contribution in [-0.4, -0.2) is 35.9 Å². The molecule has 174 valence electrons. The molecule has 0 bridgehead atoms. The molecule has 1 unspecified atom stereocenters. The van der Waals surface area contributed by atoms with Crippen molar-refractivity contribution in [3.8, 4) is 28.5 Å². The molecule has 8 nitrogen and oxygen atoms in total. The number of amides is 1. The smallest absolute Gasteiger partial charge is 0.246 e. The third-order valence-electron chi connectivity index (χ3n) is 7.02. The first-order valence-corrected chi connectivity index (χ1v) is 11.5. The number of carbonyl (C=O) groups excluding carboxylic acids is 1. The number of hydrogen-bond donors (Lipinski definition) is 2. The number of H-pyrrole nitrogens is 1. The van der Waals surface area contributed by atoms with Crippen molar-refractivity contribution in [3.63, 3.8) is 0 Å². The SMILES string of the molecule is Nc1cc(-c2ccc(CN3C(=O)C4(COc5cc6c(cc54)OCCO6)c4ccccc43)cc2)[nH]n1. The van der Waals surface area contributed by atoms with Crippen LogP contribution in [-0.2, 0) is 16.8 Å². The molecule has 4 aromatic rings.